The Hall–Kier alpha value is -2.39. The molecule has 4 atom stereocenters. The van der Waals surface area contributed by atoms with Crippen LogP contribution in [0.15, 0.2) is 42.5 Å². The van der Waals surface area contributed by atoms with Crippen LogP contribution < -0.4 is 5.32 Å². The van der Waals surface area contributed by atoms with Gasteiger partial charge in [0.15, 0.2) is 11.4 Å². The first-order valence-electron chi connectivity index (χ1n) is 12.4. The van der Waals surface area contributed by atoms with E-state index in [4.69, 9.17) is 18.9 Å². The maximum absolute atomic E-state index is 14.4. The zero-order valence-electron chi connectivity index (χ0n) is 21.5. The van der Waals surface area contributed by atoms with Crippen molar-refractivity contribution in [2.45, 2.75) is 96.4 Å². The molecule has 1 N–H and O–H groups in total. The molecule has 1 aliphatic carbocycles. The molecule has 2 aliphatic rings. The summed E-state index contributed by atoms with van der Waals surface area (Å²) in [6.45, 7) is 9.52. The molecule has 1 amide bonds. The maximum Gasteiger partial charge on any atom is 0.252 e. The Morgan fingerprint density at radius 2 is 1.81 bits per heavy atom. The average molecular weight is 504 g/mol. The van der Waals surface area contributed by atoms with E-state index < -0.39 is 41.3 Å². The van der Waals surface area contributed by atoms with E-state index >= 15 is 0 Å². The molecule has 6 nitrogen and oxygen atoms in total. The van der Waals surface area contributed by atoms with Crippen molar-refractivity contribution in [2.24, 2.45) is 0 Å². The molecule has 8 heteroatoms. The van der Waals surface area contributed by atoms with Crippen LogP contribution in [-0.4, -0.2) is 41.6 Å². The van der Waals surface area contributed by atoms with Crippen LogP contribution in [0, 0.1) is 18.6 Å². The number of carbonyl (C=O) groups is 1. The van der Waals surface area contributed by atoms with E-state index in [0.717, 1.165) is 17.2 Å². The van der Waals surface area contributed by atoms with Gasteiger partial charge >= 0.3 is 0 Å². The summed E-state index contributed by atoms with van der Waals surface area (Å²) < 4.78 is 52.7. The number of fused-ring (bicyclic) bond motifs is 1. The van der Waals surface area contributed by atoms with Gasteiger partial charge in [-0.3, -0.25) is 4.79 Å². The van der Waals surface area contributed by atoms with Crippen LogP contribution in [0.3, 0.4) is 0 Å². The highest BCUT2D eigenvalue weighted by Crippen LogP contribution is 2.44. The van der Waals surface area contributed by atoms with E-state index in [1.165, 1.54) is 12.1 Å². The first-order valence-corrected chi connectivity index (χ1v) is 12.4. The van der Waals surface area contributed by atoms with E-state index in [1.54, 1.807) is 0 Å². The second-order valence-electron chi connectivity index (χ2n) is 10.5. The smallest absolute Gasteiger partial charge is 0.252 e. The number of nitrogens with one attached hydrogen (secondary N) is 1. The van der Waals surface area contributed by atoms with Gasteiger partial charge < -0.3 is 24.3 Å². The Labute approximate surface area is 211 Å². The van der Waals surface area contributed by atoms with Gasteiger partial charge in [0, 0.05) is 30.5 Å². The minimum Gasteiger partial charge on any atom is -0.371 e. The molecular formula is C28H35F2NO5. The third-order valence-corrected chi connectivity index (χ3v) is 6.59. The fourth-order valence-corrected chi connectivity index (χ4v) is 4.84. The molecule has 0 aromatic heterocycles. The summed E-state index contributed by atoms with van der Waals surface area (Å²) in [5.41, 5.74) is 0.953. The predicted molar refractivity (Wildman–Crippen MR) is 130 cm³/mol. The lowest BCUT2D eigenvalue weighted by Gasteiger charge is -2.43. The molecule has 2 aromatic carbocycles. The summed E-state index contributed by atoms with van der Waals surface area (Å²) >= 11 is 0. The Morgan fingerprint density at radius 3 is 2.47 bits per heavy atom. The lowest BCUT2D eigenvalue weighted by Crippen LogP contribution is -2.60. The highest BCUT2D eigenvalue weighted by Gasteiger charge is 2.58. The van der Waals surface area contributed by atoms with Crippen LogP contribution in [0.4, 0.5) is 8.78 Å². The lowest BCUT2D eigenvalue weighted by molar-refractivity contribution is -0.184. The molecule has 1 unspecified atom stereocenters. The molecule has 36 heavy (non-hydrogen) atoms. The van der Waals surface area contributed by atoms with Crippen LogP contribution in [0.1, 0.15) is 57.2 Å². The van der Waals surface area contributed by atoms with E-state index in [9.17, 15) is 13.6 Å². The molecular weight excluding hydrogens is 468 g/mol. The molecule has 1 saturated carbocycles. The second-order valence-corrected chi connectivity index (χ2v) is 10.5. The summed E-state index contributed by atoms with van der Waals surface area (Å²) in [5, 5.41) is 2.94. The predicted octanol–water partition coefficient (Wildman–Crippen LogP) is 4.95. The summed E-state index contributed by atoms with van der Waals surface area (Å²) in [7, 11) is 0. The molecule has 0 spiro atoms. The van der Waals surface area contributed by atoms with Gasteiger partial charge in [0.25, 0.3) is 5.91 Å². The summed E-state index contributed by atoms with van der Waals surface area (Å²) in [4.78, 5) is 13.6. The summed E-state index contributed by atoms with van der Waals surface area (Å²) in [6.07, 6.45) is -0.958. The third kappa shape index (κ3) is 6.11. The summed E-state index contributed by atoms with van der Waals surface area (Å²) in [6, 6.07) is 11.2. The number of amides is 1. The SMILES string of the molecule is Cc1ccc(COC2C[C@](OCc3ccc(F)cc3F)(C(=O)NC(C)C)C[C@H]3OC(C)(C)O[C@@H]23)cc1. The summed E-state index contributed by atoms with van der Waals surface area (Å²) in [5.74, 6) is -2.58. The van der Waals surface area contributed by atoms with Crippen LogP contribution in [0.5, 0.6) is 0 Å². The van der Waals surface area contributed by atoms with Gasteiger partial charge in [0.2, 0.25) is 0 Å². The van der Waals surface area contributed by atoms with Crippen molar-refractivity contribution in [3.05, 3.63) is 70.8 Å². The molecule has 2 aromatic rings. The second kappa shape index (κ2) is 10.5. The molecule has 1 aliphatic heterocycles. The average Bonchev–Trinajstić information content (AvgIpc) is 3.11. The van der Waals surface area contributed by atoms with Crippen molar-refractivity contribution in [2.75, 3.05) is 0 Å². The Morgan fingerprint density at radius 1 is 1.08 bits per heavy atom. The first-order chi connectivity index (χ1) is 17.0. The number of carbonyl (C=O) groups excluding carboxylic acids is 1. The van der Waals surface area contributed by atoms with Gasteiger partial charge in [-0.15, -0.1) is 0 Å². The first kappa shape index (κ1) is 26.7. The normalized spacial score (nSPS) is 27.2. The highest BCUT2D eigenvalue weighted by molar-refractivity contribution is 5.85. The van der Waals surface area contributed by atoms with Crippen molar-refractivity contribution in [3.8, 4) is 0 Å². The van der Waals surface area contributed by atoms with Gasteiger partial charge in [-0.05, 0) is 46.2 Å². The maximum atomic E-state index is 14.4. The zero-order chi connectivity index (χ0) is 26.1. The van der Waals surface area contributed by atoms with E-state index in [1.807, 2.05) is 58.9 Å². The van der Waals surface area contributed by atoms with Gasteiger partial charge in [0.05, 0.1) is 25.4 Å². The molecule has 196 valence electrons. The van der Waals surface area contributed by atoms with Crippen LogP contribution >= 0.6 is 0 Å². The highest BCUT2D eigenvalue weighted by atomic mass is 19.1. The molecule has 2 fully saturated rings. The van der Waals surface area contributed by atoms with Gasteiger partial charge in [-0.2, -0.15) is 0 Å². The fraction of sp³-hybridized carbons (Fsp3) is 0.536. The van der Waals surface area contributed by atoms with Gasteiger partial charge in [-0.1, -0.05) is 35.9 Å². The topological polar surface area (TPSA) is 66.0 Å². The minimum atomic E-state index is -1.35. The Bertz CT molecular complexity index is 1070. The van der Waals surface area contributed by atoms with Gasteiger partial charge in [-0.25, -0.2) is 8.78 Å². The van der Waals surface area contributed by atoms with Crippen LogP contribution in [0.2, 0.25) is 0 Å². The fourth-order valence-electron chi connectivity index (χ4n) is 4.84. The number of benzene rings is 2. The number of hydrogen-bond acceptors (Lipinski definition) is 5. The van der Waals surface area contributed by atoms with E-state index in [2.05, 4.69) is 5.32 Å². The number of ether oxygens (including phenoxy) is 4. The minimum absolute atomic E-state index is 0.137. The Balaban J connectivity index is 1.61. The molecule has 1 saturated heterocycles. The number of aryl methyl sites for hydroxylation is 1. The lowest BCUT2D eigenvalue weighted by atomic mass is 9.78. The number of rotatable bonds is 8. The van der Waals surface area contributed by atoms with Crippen molar-refractivity contribution >= 4 is 5.91 Å². The molecule has 0 radical (unpaired) electrons. The molecule has 0 bridgehead atoms. The van der Waals surface area contributed by atoms with E-state index in [0.29, 0.717) is 6.61 Å². The van der Waals surface area contributed by atoms with Crippen molar-refractivity contribution in [1.82, 2.24) is 5.32 Å². The van der Waals surface area contributed by atoms with Crippen molar-refractivity contribution in [3.63, 3.8) is 0 Å². The number of halogens is 2. The number of hydrogen-bond donors (Lipinski definition) is 1. The van der Waals surface area contributed by atoms with E-state index in [-0.39, 0.29) is 37.0 Å². The van der Waals surface area contributed by atoms with Crippen LogP contribution in [-0.2, 0) is 37.0 Å². The zero-order valence-corrected chi connectivity index (χ0v) is 21.5. The van der Waals surface area contributed by atoms with Crippen LogP contribution in [0.25, 0.3) is 0 Å². The van der Waals surface area contributed by atoms with Crippen molar-refractivity contribution < 1.29 is 32.5 Å². The largest absolute Gasteiger partial charge is 0.371 e. The molecule has 4 rings (SSSR count). The van der Waals surface area contributed by atoms with Gasteiger partial charge in [0.1, 0.15) is 17.7 Å². The third-order valence-electron chi connectivity index (χ3n) is 6.59. The molecule has 1 heterocycles. The monoisotopic (exact) mass is 503 g/mol. The standard InChI is InChI=1S/C28H35F2NO5/c1-17(2)31-26(32)28(34-16-20-10-11-21(29)12-22(20)30)13-23(25-24(14-28)35-27(4,5)36-25)33-15-19-8-6-18(3)7-9-19/h6-12,17,23-25H,13-16H2,1-5H3,(H,31,32)/t23?,24-,25+,28-/m1/s1. The quantitative estimate of drug-likeness (QED) is 0.552. The van der Waals surface area contributed by atoms with Crippen molar-refractivity contribution in [1.29, 1.82) is 0 Å². The Kier molecular flexibility index (Phi) is 7.80.